The van der Waals surface area contributed by atoms with Gasteiger partial charge in [0.05, 0.1) is 0 Å². The summed E-state index contributed by atoms with van der Waals surface area (Å²) in [5.41, 5.74) is 2.58. The minimum absolute atomic E-state index is 0.221. The number of carbonyl (C=O) groups is 1. The smallest absolute Gasteiger partial charge is 0.158 e. The van der Waals surface area contributed by atoms with Gasteiger partial charge in [0, 0.05) is 10.3 Å². The van der Waals surface area contributed by atoms with Crippen LogP contribution in [0.15, 0.2) is 11.1 Å². The van der Waals surface area contributed by atoms with Crippen LogP contribution in [0.5, 0.6) is 0 Å². The molecule has 1 nitrogen and oxygen atoms in total. The molecule has 0 amide bonds. The highest BCUT2D eigenvalue weighted by molar-refractivity contribution is 14.1. The minimum atomic E-state index is 0.221. The second kappa shape index (κ2) is 3.71. The summed E-state index contributed by atoms with van der Waals surface area (Å²) in [6.07, 6.45) is 1.73. The molecule has 0 aromatic heterocycles. The molecule has 13 heavy (non-hydrogen) atoms. The van der Waals surface area contributed by atoms with Crippen LogP contribution in [0.3, 0.4) is 0 Å². The Hall–Kier alpha value is 0.140. The van der Waals surface area contributed by atoms with E-state index in [1.807, 2.05) is 6.92 Å². The maximum absolute atomic E-state index is 11.5. The molecule has 0 heterocycles. The largest absolute Gasteiger partial charge is 0.295 e. The summed E-state index contributed by atoms with van der Waals surface area (Å²) >= 11 is 2.40. The average molecular weight is 292 g/mol. The monoisotopic (exact) mass is 292 g/mol. The fourth-order valence-electron chi connectivity index (χ4n) is 2.24. The van der Waals surface area contributed by atoms with Crippen LogP contribution in [-0.4, -0.2) is 9.71 Å². The Labute approximate surface area is 94.1 Å². The van der Waals surface area contributed by atoms with E-state index in [0.717, 1.165) is 18.4 Å². The fourth-order valence-corrected chi connectivity index (χ4v) is 3.55. The van der Waals surface area contributed by atoms with Crippen LogP contribution in [0.1, 0.15) is 40.5 Å². The lowest BCUT2D eigenvalue weighted by molar-refractivity contribution is -0.116. The number of Topliss-reactive ketones (excluding diaryl/α,β-unsaturated/α-hetero) is 1. The number of hydrogen-bond donors (Lipinski definition) is 0. The third kappa shape index (κ3) is 2.14. The number of allylic oxidation sites excluding steroid dienone is 2. The van der Waals surface area contributed by atoms with Crippen molar-refractivity contribution >= 4 is 28.4 Å². The second-order valence-corrected chi connectivity index (χ2v) is 6.33. The summed E-state index contributed by atoms with van der Waals surface area (Å²) in [6.45, 7) is 8.63. The molecule has 0 saturated carbocycles. The lowest BCUT2D eigenvalue weighted by Crippen LogP contribution is -2.28. The molecule has 0 bridgehead atoms. The molecule has 1 aliphatic rings. The van der Waals surface area contributed by atoms with Crippen LogP contribution in [-0.2, 0) is 4.79 Å². The number of halogens is 1. The van der Waals surface area contributed by atoms with Crippen molar-refractivity contribution in [3.05, 3.63) is 11.1 Å². The fraction of sp³-hybridized carbons (Fsp3) is 0.727. The Morgan fingerprint density at radius 1 is 1.46 bits per heavy atom. The second-order valence-electron chi connectivity index (χ2n) is 4.46. The molecule has 0 N–H and O–H groups in total. The highest BCUT2D eigenvalue weighted by Gasteiger charge is 2.33. The summed E-state index contributed by atoms with van der Waals surface area (Å²) in [5, 5.41) is 0. The molecule has 2 heteroatoms. The van der Waals surface area contributed by atoms with Crippen LogP contribution in [0.4, 0.5) is 0 Å². The Balaban J connectivity index is 3.17. The first-order valence-corrected chi connectivity index (χ1v) is 5.99. The van der Waals surface area contributed by atoms with Gasteiger partial charge in [-0.25, -0.2) is 0 Å². The molecular formula is C11H17IO. The van der Waals surface area contributed by atoms with Gasteiger partial charge in [-0.3, -0.25) is 4.79 Å². The lowest BCUT2D eigenvalue weighted by atomic mass is 9.71. The van der Waals surface area contributed by atoms with Crippen LogP contribution >= 0.6 is 22.6 Å². The van der Waals surface area contributed by atoms with E-state index in [4.69, 9.17) is 0 Å². The van der Waals surface area contributed by atoms with Crippen molar-refractivity contribution in [3.63, 3.8) is 0 Å². The molecule has 1 atom stereocenters. The van der Waals surface area contributed by atoms with Crippen molar-refractivity contribution in [2.24, 2.45) is 5.41 Å². The third-order valence-electron chi connectivity index (χ3n) is 2.93. The zero-order chi connectivity index (χ0) is 10.2. The molecule has 0 aromatic carbocycles. The topological polar surface area (TPSA) is 17.1 Å². The van der Waals surface area contributed by atoms with Gasteiger partial charge in [0.25, 0.3) is 0 Å². The van der Waals surface area contributed by atoms with E-state index in [1.165, 1.54) is 5.57 Å². The van der Waals surface area contributed by atoms with Crippen molar-refractivity contribution in [3.8, 4) is 0 Å². The van der Waals surface area contributed by atoms with Crippen LogP contribution in [0, 0.1) is 5.41 Å². The molecule has 0 aromatic rings. The summed E-state index contributed by atoms with van der Waals surface area (Å²) in [4.78, 5) is 11.5. The quantitative estimate of drug-likeness (QED) is 0.534. The van der Waals surface area contributed by atoms with Crippen LogP contribution in [0.25, 0.3) is 0 Å². The van der Waals surface area contributed by atoms with Crippen molar-refractivity contribution in [2.45, 2.75) is 44.5 Å². The van der Waals surface area contributed by atoms with Crippen molar-refractivity contribution in [1.29, 1.82) is 0 Å². The zero-order valence-electron chi connectivity index (χ0n) is 8.78. The Morgan fingerprint density at radius 2 is 2.00 bits per heavy atom. The molecule has 0 radical (unpaired) electrons. The molecule has 0 aliphatic heterocycles. The highest BCUT2D eigenvalue weighted by atomic mass is 127. The Kier molecular flexibility index (Phi) is 3.20. The van der Waals surface area contributed by atoms with Gasteiger partial charge in [-0.2, -0.15) is 0 Å². The molecule has 0 saturated heterocycles. The van der Waals surface area contributed by atoms with E-state index in [0.29, 0.717) is 9.71 Å². The van der Waals surface area contributed by atoms with Crippen molar-refractivity contribution in [1.82, 2.24) is 0 Å². The number of alkyl halides is 1. The number of hydrogen-bond acceptors (Lipinski definition) is 1. The predicted octanol–water partition coefficient (Wildman–Crippen LogP) is 3.52. The van der Waals surface area contributed by atoms with Gasteiger partial charge in [0.1, 0.15) is 0 Å². The van der Waals surface area contributed by atoms with Crippen molar-refractivity contribution in [2.75, 3.05) is 0 Å². The number of rotatable bonds is 1. The first-order chi connectivity index (χ1) is 5.86. The summed E-state index contributed by atoms with van der Waals surface area (Å²) in [7, 11) is 0. The first kappa shape index (κ1) is 11.2. The van der Waals surface area contributed by atoms with Gasteiger partial charge in [-0.05, 0) is 36.8 Å². The lowest BCUT2D eigenvalue weighted by Gasteiger charge is -2.35. The summed E-state index contributed by atoms with van der Waals surface area (Å²) in [5.74, 6) is 0.345. The summed E-state index contributed by atoms with van der Waals surface area (Å²) < 4.78 is 0.469. The van der Waals surface area contributed by atoms with E-state index in [1.54, 1.807) is 0 Å². The molecule has 1 unspecified atom stereocenters. The van der Waals surface area contributed by atoms with Gasteiger partial charge >= 0.3 is 0 Å². The molecule has 0 spiro atoms. The molecule has 0 fully saturated rings. The number of ketones is 1. The van der Waals surface area contributed by atoms with E-state index in [9.17, 15) is 4.79 Å². The van der Waals surface area contributed by atoms with Crippen LogP contribution < -0.4 is 0 Å². The highest BCUT2D eigenvalue weighted by Crippen LogP contribution is 2.42. The van der Waals surface area contributed by atoms with E-state index in [-0.39, 0.29) is 5.41 Å². The van der Waals surface area contributed by atoms with E-state index < -0.39 is 0 Å². The molecular weight excluding hydrogens is 275 g/mol. The first-order valence-electron chi connectivity index (χ1n) is 4.75. The molecule has 1 aliphatic carbocycles. The van der Waals surface area contributed by atoms with Gasteiger partial charge in [-0.15, -0.1) is 0 Å². The molecule has 74 valence electrons. The standard InChI is InChI=1S/C11H17IO/c1-7-9(13)5-6-11(3,4)10(7)8(2)12/h8H,5-6H2,1-4H3. The minimum Gasteiger partial charge on any atom is -0.295 e. The van der Waals surface area contributed by atoms with Crippen molar-refractivity contribution < 1.29 is 4.79 Å². The van der Waals surface area contributed by atoms with Crippen LogP contribution in [0.2, 0.25) is 0 Å². The SMILES string of the molecule is CC1=C(C(C)I)C(C)(C)CCC1=O. The van der Waals surface area contributed by atoms with E-state index >= 15 is 0 Å². The number of carbonyl (C=O) groups excluding carboxylic acids is 1. The van der Waals surface area contributed by atoms with Gasteiger partial charge < -0.3 is 0 Å². The van der Waals surface area contributed by atoms with E-state index in [2.05, 4.69) is 43.4 Å². The third-order valence-corrected chi connectivity index (χ3v) is 3.55. The Morgan fingerprint density at radius 3 is 2.38 bits per heavy atom. The Bertz CT molecular complexity index is 261. The van der Waals surface area contributed by atoms with Gasteiger partial charge in [0.2, 0.25) is 0 Å². The predicted molar refractivity (Wildman–Crippen MR) is 64.2 cm³/mol. The maximum Gasteiger partial charge on any atom is 0.158 e. The average Bonchev–Trinajstić information content (AvgIpc) is 1.96. The normalized spacial score (nSPS) is 24.8. The summed E-state index contributed by atoms with van der Waals surface area (Å²) in [6, 6.07) is 0. The maximum atomic E-state index is 11.5. The van der Waals surface area contributed by atoms with Gasteiger partial charge in [0.15, 0.2) is 5.78 Å². The zero-order valence-corrected chi connectivity index (χ0v) is 10.9. The van der Waals surface area contributed by atoms with Gasteiger partial charge in [-0.1, -0.05) is 36.4 Å². The molecule has 1 rings (SSSR count).